The van der Waals surface area contributed by atoms with Crippen molar-refractivity contribution in [2.24, 2.45) is 0 Å². The van der Waals surface area contributed by atoms with Gasteiger partial charge in [0.2, 0.25) is 5.67 Å². The summed E-state index contributed by atoms with van der Waals surface area (Å²) in [6, 6.07) is 16.0. The number of hydrogen-bond acceptors (Lipinski definition) is 3. The molecule has 6 heteroatoms. The molecule has 5 nitrogen and oxygen atoms in total. The fraction of sp³-hybridized carbons (Fsp3) is 0.333. The van der Waals surface area contributed by atoms with Crippen LogP contribution >= 0.6 is 0 Å². The first-order valence-corrected chi connectivity index (χ1v) is 9.02. The van der Waals surface area contributed by atoms with E-state index in [9.17, 15) is 14.0 Å². The van der Waals surface area contributed by atoms with Crippen LogP contribution in [0.1, 0.15) is 29.9 Å². The zero-order valence-electron chi connectivity index (χ0n) is 14.7. The number of carbonyl (C=O) groups excluding carboxylic acids is 1. The molecule has 1 aliphatic carbocycles. The number of carboxylic acids is 1. The number of nitrogens with zero attached hydrogens (tertiary/aromatic N) is 1. The van der Waals surface area contributed by atoms with Gasteiger partial charge in [-0.1, -0.05) is 48.5 Å². The Bertz CT molecular complexity index is 854. The molecule has 1 amide bonds. The highest BCUT2D eigenvalue weighted by Gasteiger charge is 2.44. The Kier molecular flexibility index (Phi) is 4.34. The number of piperidine rings is 1. The summed E-state index contributed by atoms with van der Waals surface area (Å²) in [6.07, 6.45) is -0.456. The first-order chi connectivity index (χ1) is 13.0. The fourth-order valence-corrected chi connectivity index (χ4v) is 4.03. The van der Waals surface area contributed by atoms with E-state index in [1.54, 1.807) is 0 Å². The quantitative estimate of drug-likeness (QED) is 0.893. The number of amides is 1. The zero-order chi connectivity index (χ0) is 19.0. The van der Waals surface area contributed by atoms with Gasteiger partial charge in [0.1, 0.15) is 6.61 Å². The van der Waals surface area contributed by atoms with Crippen molar-refractivity contribution in [3.8, 4) is 11.1 Å². The van der Waals surface area contributed by atoms with Gasteiger partial charge in [0.25, 0.3) is 0 Å². The minimum atomic E-state index is -2.40. The predicted octanol–water partition coefficient (Wildman–Crippen LogP) is 3.82. The molecule has 2 aromatic rings. The van der Waals surface area contributed by atoms with Gasteiger partial charge in [0.05, 0.1) is 6.54 Å². The summed E-state index contributed by atoms with van der Waals surface area (Å²) in [5.41, 5.74) is 2.04. The Morgan fingerprint density at radius 3 is 2.30 bits per heavy atom. The summed E-state index contributed by atoms with van der Waals surface area (Å²) in [6.45, 7) is -0.0374. The second kappa shape index (κ2) is 6.68. The molecule has 140 valence electrons. The average Bonchev–Trinajstić information content (AvgIpc) is 3.00. The number of carboxylic acid groups (broad SMARTS) is 1. The maximum absolute atomic E-state index is 14.4. The molecule has 1 fully saturated rings. The lowest BCUT2D eigenvalue weighted by molar-refractivity contribution is -0.154. The maximum atomic E-state index is 14.4. The molecule has 2 aliphatic rings. The highest BCUT2D eigenvalue weighted by molar-refractivity contribution is 5.80. The third kappa shape index (κ3) is 3.05. The molecule has 1 heterocycles. The summed E-state index contributed by atoms with van der Waals surface area (Å²) < 4.78 is 19.9. The Hall–Kier alpha value is -2.89. The van der Waals surface area contributed by atoms with Gasteiger partial charge < -0.3 is 14.7 Å². The molecule has 1 saturated heterocycles. The van der Waals surface area contributed by atoms with Crippen molar-refractivity contribution in [3.05, 3.63) is 59.7 Å². The normalized spacial score (nSPS) is 21.4. The fourth-order valence-electron chi connectivity index (χ4n) is 4.03. The van der Waals surface area contributed by atoms with E-state index in [0.29, 0.717) is 13.0 Å². The molecular weight excluding hydrogens is 349 g/mol. The van der Waals surface area contributed by atoms with Crippen molar-refractivity contribution in [2.75, 3.05) is 19.7 Å². The number of hydrogen-bond donors (Lipinski definition) is 1. The topological polar surface area (TPSA) is 66.8 Å². The standard InChI is InChI=1S/C21H20FNO4/c22-21(19(24)25)10-5-11-23(13-21)20(26)27-12-18-16-8-3-1-6-14(16)15-7-2-4-9-17(15)18/h1-4,6-9,18H,5,10-13H2,(H,24,25). The summed E-state index contributed by atoms with van der Waals surface area (Å²) in [5, 5.41) is 9.06. The number of likely N-dealkylation sites (tertiary alicyclic amines) is 1. The van der Waals surface area contributed by atoms with E-state index in [1.165, 1.54) is 0 Å². The summed E-state index contributed by atoms with van der Waals surface area (Å²) in [4.78, 5) is 24.7. The molecule has 2 aromatic carbocycles. The van der Waals surface area contributed by atoms with Gasteiger partial charge >= 0.3 is 12.1 Å². The van der Waals surface area contributed by atoms with Crippen molar-refractivity contribution in [1.82, 2.24) is 4.90 Å². The van der Waals surface area contributed by atoms with E-state index in [-0.39, 0.29) is 18.9 Å². The molecule has 0 bridgehead atoms. The lowest BCUT2D eigenvalue weighted by Crippen LogP contribution is -2.52. The first kappa shape index (κ1) is 17.5. The van der Waals surface area contributed by atoms with Crippen molar-refractivity contribution in [1.29, 1.82) is 0 Å². The number of ether oxygens (including phenoxy) is 1. The third-order valence-corrected chi connectivity index (χ3v) is 5.42. The lowest BCUT2D eigenvalue weighted by Gasteiger charge is -2.34. The number of aliphatic carboxylic acids is 1. The lowest BCUT2D eigenvalue weighted by atomic mass is 9.95. The van der Waals surface area contributed by atoms with Crippen molar-refractivity contribution >= 4 is 12.1 Å². The molecule has 4 rings (SSSR count). The van der Waals surface area contributed by atoms with Crippen LogP contribution in [0.2, 0.25) is 0 Å². The van der Waals surface area contributed by atoms with Crippen molar-refractivity contribution < 1.29 is 23.8 Å². The number of rotatable bonds is 3. The van der Waals surface area contributed by atoms with Crippen LogP contribution in [0.15, 0.2) is 48.5 Å². The Morgan fingerprint density at radius 1 is 1.11 bits per heavy atom. The molecule has 1 aliphatic heterocycles. The summed E-state index contributed by atoms with van der Waals surface area (Å²) in [5.74, 6) is -1.61. The van der Waals surface area contributed by atoms with Gasteiger partial charge in [-0.25, -0.2) is 14.0 Å². The van der Waals surface area contributed by atoms with Gasteiger partial charge in [-0.3, -0.25) is 0 Å². The Balaban J connectivity index is 1.49. The largest absolute Gasteiger partial charge is 0.479 e. The molecule has 0 spiro atoms. The molecule has 0 saturated carbocycles. The molecule has 1 atom stereocenters. The summed E-state index contributed by atoms with van der Waals surface area (Å²) >= 11 is 0. The minimum absolute atomic E-state index is 0.0826. The number of alkyl halides is 1. The number of benzene rings is 2. The monoisotopic (exact) mass is 369 g/mol. The number of fused-ring (bicyclic) bond motifs is 3. The zero-order valence-corrected chi connectivity index (χ0v) is 14.7. The SMILES string of the molecule is O=C(OCC1c2ccccc2-c2ccccc21)N1CCCC(F)(C(=O)O)C1. The molecule has 1 N–H and O–H groups in total. The first-order valence-electron chi connectivity index (χ1n) is 9.02. The van der Waals surface area contributed by atoms with Gasteiger partial charge in [-0.15, -0.1) is 0 Å². The number of carbonyl (C=O) groups is 2. The van der Waals surface area contributed by atoms with Crippen LogP contribution in [0.25, 0.3) is 11.1 Å². The van der Waals surface area contributed by atoms with E-state index < -0.39 is 24.3 Å². The Labute approximate surface area is 156 Å². The van der Waals surface area contributed by atoms with Gasteiger partial charge in [0, 0.05) is 12.5 Å². The van der Waals surface area contributed by atoms with E-state index in [0.717, 1.165) is 27.2 Å². The maximum Gasteiger partial charge on any atom is 0.409 e. The average molecular weight is 369 g/mol. The third-order valence-electron chi connectivity index (χ3n) is 5.42. The molecule has 0 aromatic heterocycles. The molecule has 27 heavy (non-hydrogen) atoms. The van der Waals surface area contributed by atoms with Crippen LogP contribution < -0.4 is 0 Å². The molecule has 1 unspecified atom stereocenters. The minimum Gasteiger partial charge on any atom is -0.479 e. The highest BCUT2D eigenvalue weighted by atomic mass is 19.1. The predicted molar refractivity (Wildman–Crippen MR) is 97.4 cm³/mol. The van der Waals surface area contributed by atoms with Crippen molar-refractivity contribution in [3.63, 3.8) is 0 Å². The van der Waals surface area contributed by atoms with Crippen LogP contribution in [0, 0.1) is 0 Å². The second-order valence-electron chi connectivity index (χ2n) is 7.10. The molecule has 0 radical (unpaired) electrons. The van der Waals surface area contributed by atoms with Crippen LogP contribution in [0.3, 0.4) is 0 Å². The smallest absolute Gasteiger partial charge is 0.409 e. The second-order valence-corrected chi connectivity index (χ2v) is 7.10. The highest BCUT2D eigenvalue weighted by Crippen LogP contribution is 2.44. The van der Waals surface area contributed by atoms with Gasteiger partial charge in [-0.2, -0.15) is 0 Å². The summed E-state index contributed by atoms with van der Waals surface area (Å²) in [7, 11) is 0. The van der Waals surface area contributed by atoms with Gasteiger partial charge in [-0.05, 0) is 35.1 Å². The van der Waals surface area contributed by atoms with Crippen LogP contribution in [-0.2, 0) is 9.53 Å². The van der Waals surface area contributed by atoms with Gasteiger partial charge in [0.15, 0.2) is 0 Å². The van der Waals surface area contributed by atoms with Crippen LogP contribution in [0.4, 0.5) is 9.18 Å². The van der Waals surface area contributed by atoms with E-state index in [1.807, 2.05) is 48.5 Å². The number of halogens is 1. The van der Waals surface area contributed by atoms with E-state index >= 15 is 0 Å². The van der Waals surface area contributed by atoms with Crippen LogP contribution in [-0.4, -0.2) is 47.4 Å². The van der Waals surface area contributed by atoms with Crippen molar-refractivity contribution in [2.45, 2.75) is 24.4 Å². The Morgan fingerprint density at radius 2 is 1.70 bits per heavy atom. The van der Waals surface area contributed by atoms with E-state index in [2.05, 4.69) is 0 Å². The van der Waals surface area contributed by atoms with E-state index in [4.69, 9.17) is 9.84 Å². The molecular formula is C21H20FNO4. The van der Waals surface area contributed by atoms with Crippen LogP contribution in [0.5, 0.6) is 0 Å².